The van der Waals surface area contributed by atoms with E-state index >= 15 is 0 Å². The Kier molecular flexibility index (Phi) is 6.96. The fourth-order valence-corrected chi connectivity index (χ4v) is 2.43. The van der Waals surface area contributed by atoms with Crippen LogP contribution in [0.5, 0.6) is 0 Å². The van der Waals surface area contributed by atoms with Crippen LogP contribution in [0.4, 0.5) is 5.82 Å². The van der Waals surface area contributed by atoms with Crippen molar-refractivity contribution in [2.45, 2.75) is 85.1 Å². The third kappa shape index (κ3) is 4.55. The Bertz CT molecular complexity index is 366. The van der Waals surface area contributed by atoms with Gasteiger partial charge in [0.1, 0.15) is 11.6 Å². The van der Waals surface area contributed by atoms with E-state index in [-0.39, 0.29) is 0 Å². The second kappa shape index (κ2) is 8.23. The first kappa shape index (κ1) is 16.1. The van der Waals surface area contributed by atoms with Gasteiger partial charge in [0.05, 0.1) is 5.69 Å². The van der Waals surface area contributed by atoms with Crippen molar-refractivity contribution in [1.82, 2.24) is 9.55 Å². The van der Waals surface area contributed by atoms with Crippen molar-refractivity contribution in [3.8, 4) is 0 Å². The molecule has 0 spiro atoms. The molecular formula is C16H31N3. The van der Waals surface area contributed by atoms with E-state index in [1.807, 2.05) is 0 Å². The number of rotatable bonds is 9. The third-order valence-corrected chi connectivity index (χ3v) is 3.63. The third-order valence-electron chi connectivity index (χ3n) is 3.63. The second-order valence-electron chi connectivity index (χ2n) is 5.77. The number of aryl methyl sites for hydroxylation is 1. The summed E-state index contributed by atoms with van der Waals surface area (Å²) in [4.78, 5) is 4.80. The lowest BCUT2D eigenvalue weighted by molar-refractivity contribution is 0.588. The van der Waals surface area contributed by atoms with Gasteiger partial charge in [-0.2, -0.15) is 0 Å². The summed E-state index contributed by atoms with van der Waals surface area (Å²) >= 11 is 0. The summed E-state index contributed by atoms with van der Waals surface area (Å²) in [5.74, 6) is 2.52. The van der Waals surface area contributed by atoms with Crippen molar-refractivity contribution in [2.75, 3.05) is 5.73 Å². The molecule has 0 aromatic carbocycles. The van der Waals surface area contributed by atoms with E-state index in [1.165, 1.54) is 38.5 Å². The average molecular weight is 265 g/mol. The number of unbranched alkanes of at least 4 members (excludes halogenated alkanes) is 4. The number of nitrogen functional groups attached to an aromatic ring is 1. The first-order valence-electron chi connectivity index (χ1n) is 7.96. The molecule has 3 heteroatoms. The number of aromatic nitrogens is 2. The van der Waals surface area contributed by atoms with Gasteiger partial charge in [-0.25, -0.2) is 4.98 Å². The Morgan fingerprint density at radius 2 is 1.74 bits per heavy atom. The van der Waals surface area contributed by atoms with Crippen molar-refractivity contribution in [2.24, 2.45) is 0 Å². The van der Waals surface area contributed by atoms with Gasteiger partial charge < -0.3 is 10.3 Å². The number of nitrogens with zero attached hydrogens (tertiary/aromatic N) is 2. The molecule has 2 N–H and O–H groups in total. The zero-order valence-electron chi connectivity index (χ0n) is 13.2. The van der Waals surface area contributed by atoms with Gasteiger partial charge in [-0.1, -0.05) is 53.4 Å². The Labute approximate surface area is 118 Å². The molecule has 0 aliphatic heterocycles. The van der Waals surface area contributed by atoms with E-state index < -0.39 is 0 Å². The molecule has 1 aromatic heterocycles. The Hall–Kier alpha value is -0.990. The van der Waals surface area contributed by atoms with Crippen molar-refractivity contribution in [3.63, 3.8) is 0 Å². The highest BCUT2D eigenvalue weighted by Crippen LogP contribution is 2.23. The highest BCUT2D eigenvalue weighted by Gasteiger charge is 2.16. The molecular weight excluding hydrogens is 234 g/mol. The molecule has 0 aliphatic carbocycles. The molecule has 0 unspecified atom stereocenters. The lowest BCUT2D eigenvalue weighted by Crippen LogP contribution is -2.08. The predicted octanol–water partition coefficient (Wildman–Crippen LogP) is 4.51. The molecule has 19 heavy (non-hydrogen) atoms. The van der Waals surface area contributed by atoms with Gasteiger partial charge in [-0.15, -0.1) is 0 Å². The molecule has 0 bridgehead atoms. The lowest BCUT2D eigenvalue weighted by Gasteiger charge is -2.11. The molecule has 110 valence electrons. The van der Waals surface area contributed by atoms with Crippen LogP contribution >= 0.6 is 0 Å². The fraction of sp³-hybridized carbons (Fsp3) is 0.812. The maximum atomic E-state index is 6.30. The maximum Gasteiger partial charge on any atom is 0.126 e. The highest BCUT2D eigenvalue weighted by molar-refractivity contribution is 5.39. The summed E-state index contributed by atoms with van der Waals surface area (Å²) < 4.78 is 2.24. The molecule has 0 saturated heterocycles. The Morgan fingerprint density at radius 3 is 2.32 bits per heavy atom. The standard InChI is InChI=1S/C16H31N3/c1-5-7-9-10-11-14-15(17)19(12-8-6-2)16(18-14)13(3)4/h13H,5-12,17H2,1-4H3. The molecule has 0 aliphatic rings. The van der Waals surface area contributed by atoms with Gasteiger partial charge in [0.25, 0.3) is 0 Å². The van der Waals surface area contributed by atoms with Crippen LogP contribution in [-0.2, 0) is 13.0 Å². The number of hydrogen-bond donors (Lipinski definition) is 1. The van der Waals surface area contributed by atoms with Gasteiger partial charge in [0, 0.05) is 12.5 Å². The smallest absolute Gasteiger partial charge is 0.126 e. The summed E-state index contributed by atoms with van der Waals surface area (Å²) in [6.45, 7) is 9.87. The van der Waals surface area contributed by atoms with Crippen molar-refractivity contribution < 1.29 is 0 Å². The van der Waals surface area contributed by atoms with E-state index in [0.717, 1.165) is 30.3 Å². The molecule has 0 radical (unpaired) electrons. The van der Waals surface area contributed by atoms with E-state index in [4.69, 9.17) is 10.7 Å². The number of anilines is 1. The zero-order chi connectivity index (χ0) is 14.3. The first-order valence-corrected chi connectivity index (χ1v) is 7.96. The summed E-state index contributed by atoms with van der Waals surface area (Å²) in [6, 6.07) is 0. The SMILES string of the molecule is CCCCCCc1nc(C(C)C)n(CCCC)c1N. The number of imidazole rings is 1. The van der Waals surface area contributed by atoms with Crippen LogP contribution in [0.1, 0.15) is 83.7 Å². The minimum atomic E-state index is 0.448. The van der Waals surface area contributed by atoms with E-state index in [1.54, 1.807) is 0 Å². The monoisotopic (exact) mass is 265 g/mol. The highest BCUT2D eigenvalue weighted by atomic mass is 15.1. The van der Waals surface area contributed by atoms with E-state index in [2.05, 4.69) is 32.3 Å². The minimum Gasteiger partial charge on any atom is -0.384 e. The Morgan fingerprint density at radius 1 is 1.05 bits per heavy atom. The van der Waals surface area contributed by atoms with Crippen LogP contribution in [0.3, 0.4) is 0 Å². The molecule has 0 saturated carbocycles. The molecule has 0 amide bonds. The Balaban J connectivity index is 2.75. The van der Waals surface area contributed by atoms with Gasteiger partial charge in [0.2, 0.25) is 0 Å². The molecule has 1 rings (SSSR count). The average Bonchev–Trinajstić information content (AvgIpc) is 2.70. The topological polar surface area (TPSA) is 43.8 Å². The predicted molar refractivity (Wildman–Crippen MR) is 83.5 cm³/mol. The summed E-state index contributed by atoms with van der Waals surface area (Å²) in [6.07, 6.45) is 8.49. The van der Waals surface area contributed by atoms with Gasteiger partial charge in [-0.05, 0) is 19.3 Å². The summed E-state index contributed by atoms with van der Waals surface area (Å²) in [7, 11) is 0. The largest absolute Gasteiger partial charge is 0.384 e. The lowest BCUT2D eigenvalue weighted by atomic mass is 10.1. The quantitative estimate of drug-likeness (QED) is 0.667. The van der Waals surface area contributed by atoms with Gasteiger partial charge in [-0.3, -0.25) is 0 Å². The summed E-state index contributed by atoms with van der Waals surface area (Å²) in [5, 5.41) is 0. The van der Waals surface area contributed by atoms with Crippen molar-refractivity contribution >= 4 is 5.82 Å². The van der Waals surface area contributed by atoms with E-state index in [9.17, 15) is 0 Å². The van der Waals surface area contributed by atoms with Gasteiger partial charge in [0.15, 0.2) is 0 Å². The number of nitrogens with two attached hydrogens (primary N) is 1. The van der Waals surface area contributed by atoms with Crippen LogP contribution in [0, 0.1) is 0 Å². The van der Waals surface area contributed by atoms with Crippen LogP contribution in [0.15, 0.2) is 0 Å². The normalized spacial score (nSPS) is 11.4. The molecule has 1 aromatic rings. The van der Waals surface area contributed by atoms with Crippen LogP contribution in [-0.4, -0.2) is 9.55 Å². The second-order valence-corrected chi connectivity index (χ2v) is 5.77. The molecule has 1 heterocycles. The molecule has 0 fully saturated rings. The maximum absolute atomic E-state index is 6.30. The first-order chi connectivity index (χ1) is 9.11. The van der Waals surface area contributed by atoms with Crippen LogP contribution in [0.2, 0.25) is 0 Å². The zero-order valence-corrected chi connectivity index (χ0v) is 13.2. The van der Waals surface area contributed by atoms with E-state index in [0.29, 0.717) is 5.92 Å². The number of hydrogen-bond acceptors (Lipinski definition) is 2. The van der Waals surface area contributed by atoms with Crippen molar-refractivity contribution in [3.05, 3.63) is 11.5 Å². The summed E-state index contributed by atoms with van der Waals surface area (Å²) in [5.41, 5.74) is 7.42. The molecule has 3 nitrogen and oxygen atoms in total. The molecule has 0 atom stereocenters. The van der Waals surface area contributed by atoms with Crippen LogP contribution in [0.25, 0.3) is 0 Å². The van der Waals surface area contributed by atoms with Crippen molar-refractivity contribution in [1.29, 1.82) is 0 Å². The minimum absolute atomic E-state index is 0.448. The van der Waals surface area contributed by atoms with Crippen LogP contribution < -0.4 is 5.73 Å². The van der Waals surface area contributed by atoms with Gasteiger partial charge >= 0.3 is 0 Å². The fourth-order valence-electron chi connectivity index (χ4n) is 2.43.